The summed E-state index contributed by atoms with van der Waals surface area (Å²) in [6.07, 6.45) is 4.15. The third-order valence-electron chi connectivity index (χ3n) is 3.61. The van der Waals surface area contributed by atoms with Gasteiger partial charge in [-0.25, -0.2) is 4.98 Å². The first-order valence-corrected chi connectivity index (χ1v) is 8.39. The van der Waals surface area contributed by atoms with Gasteiger partial charge in [-0.3, -0.25) is 0 Å². The van der Waals surface area contributed by atoms with E-state index in [1.807, 2.05) is 0 Å². The van der Waals surface area contributed by atoms with Crippen molar-refractivity contribution >= 4 is 22.6 Å². The molecule has 0 amide bonds. The van der Waals surface area contributed by atoms with Crippen LogP contribution in [0.3, 0.4) is 0 Å². The Morgan fingerprint density at radius 1 is 1.24 bits per heavy atom. The van der Waals surface area contributed by atoms with E-state index in [0.717, 1.165) is 50.4 Å². The Balaban J connectivity index is 2.05. The molecule has 1 aromatic carbocycles. The first kappa shape index (κ1) is 16.3. The van der Waals surface area contributed by atoms with Gasteiger partial charge >= 0.3 is 0 Å². The Kier molecular flexibility index (Phi) is 6.52. The van der Waals surface area contributed by atoms with Crippen LogP contribution in [-0.2, 0) is 17.7 Å². The van der Waals surface area contributed by atoms with E-state index in [-0.39, 0.29) is 0 Å². The summed E-state index contributed by atoms with van der Waals surface area (Å²) in [5, 5.41) is 0. The number of imidazole rings is 1. The van der Waals surface area contributed by atoms with E-state index < -0.39 is 0 Å². The predicted octanol–water partition coefficient (Wildman–Crippen LogP) is 4.33. The van der Waals surface area contributed by atoms with Crippen LogP contribution in [0.25, 0.3) is 11.0 Å². The van der Waals surface area contributed by atoms with Gasteiger partial charge in [-0.05, 0) is 37.5 Å². The fourth-order valence-electron chi connectivity index (χ4n) is 2.48. The Morgan fingerprint density at radius 3 is 2.81 bits per heavy atom. The maximum Gasteiger partial charge on any atom is 0.111 e. The highest BCUT2D eigenvalue weighted by atomic mass is 35.5. The summed E-state index contributed by atoms with van der Waals surface area (Å²) in [6, 6.07) is 6.41. The van der Waals surface area contributed by atoms with Crippen LogP contribution in [0, 0.1) is 6.92 Å². The fraction of sp³-hybridized carbons (Fsp3) is 0.588. The van der Waals surface area contributed by atoms with Crippen LogP contribution in [0.15, 0.2) is 18.2 Å². The monoisotopic (exact) mass is 308 g/mol. The van der Waals surface area contributed by atoms with Crippen LogP contribution >= 0.6 is 11.6 Å². The number of benzene rings is 1. The van der Waals surface area contributed by atoms with Gasteiger partial charge in [0, 0.05) is 32.1 Å². The number of alkyl halides is 1. The number of halogens is 1. The molecule has 0 saturated carbocycles. The lowest BCUT2D eigenvalue weighted by Crippen LogP contribution is -2.08. The van der Waals surface area contributed by atoms with Crippen molar-refractivity contribution in [1.29, 1.82) is 0 Å². The molecule has 0 atom stereocenters. The van der Waals surface area contributed by atoms with Crippen molar-refractivity contribution in [2.45, 2.75) is 46.1 Å². The molecule has 4 heteroatoms. The van der Waals surface area contributed by atoms with Gasteiger partial charge in [0.05, 0.1) is 11.0 Å². The van der Waals surface area contributed by atoms with Crippen molar-refractivity contribution < 1.29 is 4.74 Å². The molecule has 3 nitrogen and oxygen atoms in total. The highest BCUT2D eigenvalue weighted by Gasteiger charge is 2.10. The molecule has 116 valence electrons. The molecule has 0 radical (unpaired) electrons. The van der Waals surface area contributed by atoms with Gasteiger partial charge in [-0.2, -0.15) is 0 Å². The highest BCUT2D eigenvalue weighted by molar-refractivity contribution is 6.17. The normalized spacial score (nSPS) is 11.4. The summed E-state index contributed by atoms with van der Waals surface area (Å²) in [4.78, 5) is 4.71. The molecule has 2 aromatic rings. The van der Waals surface area contributed by atoms with Crippen molar-refractivity contribution in [3.63, 3.8) is 0 Å². The molecule has 1 heterocycles. The number of unbranched alkanes of at least 4 members (excludes halogenated alkanes) is 1. The van der Waals surface area contributed by atoms with Gasteiger partial charge in [0.15, 0.2) is 0 Å². The van der Waals surface area contributed by atoms with E-state index in [4.69, 9.17) is 21.3 Å². The van der Waals surface area contributed by atoms with Gasteiger partial charge < -0.3 is 9.30 Å². The lowest BCUT2D eigenvalue weighted by Gasteiger charge is -2.09. The summed E-state index contributed by atoms with van der Waals surface area (Å²) in [7, 11) is 0. The number of fused-ring (bicyclic) bond motifs is 1. The quantitative estimate of drug-likeness (QED) is 0.509. The van der Waals surface area contributed by atoms with E-state index in [1.54, 1.807) is 0 Å². The van der Waals surface area contributed by atoms with Gasteiger partial charge in [0.2, 0.25) is 0 Å². The Hall–Kier alpha value is -1.06. The summed E-state index contributed by atoms with van der Waals surface area (Å²) >= 11 is 5.91. The van der Waals surface area contributed by atoms with E-state index in [0.29, 0.717) is 5.88 Å². The molecule has 0 spiro atoms. The predicted molar refractivity (Wildman–Crippen MR) is 89.2 cm³/mol. The van der Waals surface area contributed by atoms with E-state index in [1.165, 1.54) is 17.5 Å². The average molecular weight is 309 g/mol. The van der Waals surface area contributed by atoms with E-state index in [2.05, 4.69) is 36.6 Å². The van der Waals surface area contributed by atoms with Crippen LogP contribution in [0.4, 0.5) is 0 Å². The zero-order valence-corrected chi connectivity index (χ0v) is 13.8. The second kappa shape index (κ2) is 8.40. The molecule has 0 N–H and O–H groups in total. The summed E-state index contributed by atoms with van der Waals surface area (Å²) in [6.45, 7) is 6.92. The summed E-state index contributed by atoms with van der Waals surface area (Å²) < 4.78 is 7.95. The minimum atomic E-state index is 0.606. The first-order chi connectivity index (χ1) is 10.3. The van der Waals surface area contributed by atoms with Crippen LogP contribution in [0.2, 0.25) is 0 Å². The third kappa shape index (κ3) is 4.45. The minimum absolute atomic E-state index is 0.606. The van der Waals surface area contributed by atoms with Crippen LogP contribution in [-0.4, -0.2) is 28.6 Å². The first-order valence-electron chi connectivity index (χ1n) is 7.85. The molecule has 1 aromatic heterocycles. The molecular formula is C17H25ClN2O. The van der Waals surface area contributed by atoms with E-state index >= 15 is 0 Å². The van der Waals surface area contributed by atoms with Crippen molar-refractivity contribution in [2.75, 3.05) is 19.1 Å². The topological polar surface area (TPSA) is 27.1 Å². The smallest absolute Gasteiger partial charge is 0.111 e. The van der Waals surface area contributed by atoms with E-state index in [9.17, 15) is 0 Å². The number of nitrogens with zero attached hydrogens (tertiary/aromatic N) is 2. The van der Waals surface area contributed by atoms with Gasteiger partial charge in [-0.15, -0.1) is 11.6 Å². The summed E-state index contributed by atoms with van der Waals surface area (Å²) in [5.74, 6) is 1.69. The molecule has 0 aliphatic rings. The van der Waals surface area contributed by atoms with Gasteiger partial charge in [-0.1, -0.05) is 19.4 Å². The molecular weight excluding hydrogens is 284 g/mol. The second-order valence-corrected chi connectivity index (χ2v) is 5.81. The molecule has 0 fully saturated rings. The zero-order chi connectivity index (χ0) is 15.1. The number of rotatable bonds is 9. The van der Waals surface area contributed by atoms with Crippen molar-refractivity contribution in [3.05, 3.63) is 29.6 Å². The third-order valence-corrected chi connectivity index (χ3v) is 3.80. The zero-order valence-electron chi connectivity index (χ0n) is 13.1. The molecule has 0 aliphatic carbocycles. The maximum atomic E-state index is 5.91. The molecule has 21 heavy (non-hydrogen) atoms. The number of aromatic nitrogens is 2. The minimum Gasteiger partial charge on any atom is -0.381 e. The fourth-order valence-corrected chi connectivity index (χ4v) is 2.65. The maximum absolute atomic E-state index is 5.91. The Labute approximate surface area is 132 Å². The number of hydrogen-bond donors (Lipinski definition) is 0. The lowest BCUT2D eigenvalue weighted by molar-refractivity contribution is 0.126. The lowest BCUT2D eigenvalue weighted by atomic mass is 10.2. The number of aryl methyl sites for hydroxylation is 3. The SMILES string of the molecule is CCCCOCCCn1c(CCCl)nc2ccc(C)cc21. The molecule has 0 saturated heterocycles. The van der Waals surface area contributed by atoms with Crippen molar-refractivity contribution in [3.8, 4) is 0 Å². The standard InChI is InChI=1S/C17H25ClN2O/c1-3-4-11-21-12-5-10-20-16-13-14(2)6-7-15(16)19-17(20)8-9-18/h6-7,13H,3-5,8-12H2,1-2H3. The molecule has 0 bridgehead atoms. The van der Waals surface area contributed by atoms with Crippen molar-refractivity contribution in [2.24, 2.45) is 0 Å². The van der Waals surface area contributed by atoms with Crippen LogP contribution in [0.1, 0.15) is 37.6 Å². The second-order valence-electron chi connectivity index (χ2n) is 5.43. The molecule has 0 aliphatic heterocycles. The Morgan fingerprint density at radius 2 is 2.05 bits per heavy atom. The molecule has 0 unspecified atom stereocenters. The van der Waals surface area contributed by atoms with Gasteiger partial charge in [0.25, 0.3) is 0 Å². The summed E-state index contributed by atoms with van der Waals surface area (Å²) in [5.41, 5.74) is 3.54. The van der Waals surface area contributed by atoms with Crippen LogP contribution < -0.4 is 0 Å². The Bertz CT molecular complexity index is 565. The average Bonchev–Trinajstić information content (AvgIpc) is 2.80. The largest absolute Gasteiger partial charge is 0.381 e. The van der Waals surface area contributed by atoms with Crippen LogP contribution in [0.5, 0.6) is 0 Å². The van der Waals surface area contributed by atoms with Gasteiger partial charge in [0.1, 0.15) is 5.82 Å². The number of hydrogen-bond acceptors (Lipinski definition) is 2. The molecule has 2 rings (SSSR count). The highest BCUT2D eigenvalue weighted by Crippen LogP contribution is 2.19. The number of ether oxygens (including phenoxy) is 1. The van der Waals surface area contributed by atoms with Crippen molar-refractivity contribution in [1.82, 2.24) is 9.55 Å².